The van der Waals surface area contributed by atoms with Crippen molar-refractivity contribution in [2.75, 3.05) is 19.6 Å². The number of carbonyl (C=O) groups excluding carboxylic acids is 1. The molecule has 23 heavy (non-hydrogen) atoms. The van der Waals surface area contributed by atoms with Gasteiger partial charge in [0.15, 0.2) is 0 Å². The largest absolute Gasteiger partial charge is 0.334 e. The second kappa shape index (κ2) is 7.47. The highest BCUT2D eigenvalue weighted by Gasteiger charge is 2.33. The van der Waals surface area contributed by atoms with Crippen LogP contribution in [-0.2, 0) is 0 Å². The van der Waals surface area contributed by atoms with Crippen molar-refractivity contribution in [2.45, 2.75) is 64.5 Å². The molecule has 1 aromatic rings. The molecule has 5 heteroatoms. The van der Waals surface area contributed by atoms with Crippen molar-refractivity contribution >= 4 is 5.91 Å². The highest BCUT2D eigenvalue weighted by molar-refractivity contribution is 5.92. The number of piperidine rings is 1. The number of nitrogens with zero attached hydrogens (tertiary/aromatic N) is 3. The molecule has 2 aliphatic rings. The fraction of sp³-hybridized carbons (Fsp3) is 0.778. The molecule has 0 saturated carbocycles. The molecule has 0 bridgehead atoms. The first-order valence-electron chi connectivity index (χ1n) is 9.27. The number of likely N-dealkylation sites (tertiary alicyclic amines) is 1. The van der Waals surface area contributed by atoms with Crippen LogP contribution in [0.15, 0.2) is 12.3 Å². The standard InChI is InChI=1S/C18H30N4O/c1-3-6-14(2)17-8-5-11-21(17)18(23)16-9-12-22(20-16)15-7-4-10-19-13-15/h9,12,14-15,17,19H,3-8,10-11,13H2,1-2H3. The van der Waals surface area contributed by atoms with Gasteiger partial charge in [0.05, 0.1) is 6.04 Å². The molecular formula is C18H30N4O. The molecule has 2 saturated heterocycles. The minimum Gasteiger partial charge on any atom is -0.334 e. The van der Waals surface area contributed by atoms with E-state index >= 15 is 0 Å². The van der Waals surface area contributed by atoms with Crippen LogP contribution in [0.5, 0.6) is 0 Å². The Bertz CT molecular complexity index is 521. The highest BCUT2D eigenvalue weighted by atomic mass is 16.2. The van der Waals surface area contributed by atoms with E-state index in [4.69, 9.17) is 0 Å². The van der Waals surface area contributed by atoms with Gasteiger partial charge in [-0.1, -0.05) is 20.3 Å². The molecular weight excluding hydrogens is 288 g/mol. The summed E-state index contributed by atoms with van der Waals surface area (Å²) >= 11 is 0. The van der Waals surface area contributed by atoms with Crippen LogP contribution in [0, 0.1) is 5.92 Å². The van der Waals surface area contributed by atoms with Crippen molar-refractivity contribution in [1.29, 1.82) is 0 Å². The Balaban J connectivity index is 1.68. The molecule has 0 radical (unpaired) electrons. The maximum Gasteiger partial charge on any atom is 0.274 e. The summed E-state index contributed by atoms with van der Waals surface area (Å²) in [6.07, 6.45) is 8.93. The van der Waals surface area contributed by atoms with Crippen molar-refractivity contribution in [1.82, 2.24) is 20.0 Å². The summed E-state index contributed by atoms with van der Waals surface area (Å²) < 4.78 is 1.99. The van der Waals surface area contributed by atoms with Gasteiger partial charge in [0.25, 0.3) is 5.91 Å². The van der Waals surface area contributed by atoms with Gasteiger partial charge in [0.2, 0.25) is 0 Å². The van der Waals surface area contributed by atoms with Gasteiger partial charge >= 0.3 is 0 Å². The zero-order chi connectivity index (χ0) is 16.2. The van der Waals surface area contributed by atoms with E-state index in [9.17, 15) is 4.79 Å². The van der Waals surface area contributed by atoms with E-state index < -0.39 is 0 Å². The summed E-state index contributed by atoms with van der Waals surface area (Å²) in [5, 5.41) is 8.01. The molecule has 128 valence electrons. The van der Waals surface area contributed by atoms with Crippen LogP contribution in [-0.4, -0.2) is 46.3 Å². The number of amides is 1. The van der Waals surface area contributed by atoms with Crippen LogP contribution < -0.4 is 5.32 Å². The topological polar surface area (TPSA) is 50.2 Å². The van der Waals surface area contributed by atoms with E-state index in [1.165, 1.54) is 19.3 Å². The third-order valence-electron chi connectivity index (χ3n) is 5.43. The normalized spacial score (nSPS) is 26.4. The average Bonchev–Trinajstić information content (AvgIpc) is 3.25. The Labute approximate surface area is 139 Å². The molecule has 0 aliphatic carbocycles. The monoisotopic (exact) mass is 318 g/mol. The van der Waals surface area contributed by atoms with Gasteiger partial charge in [-0.3, -0.25) is 9.48 Å². The van der Waals surface area contributed by atoms with Crippen LogP contribution in [0.3, 0.4) is 0 Å². The molecule has 1 N–H and O–H groups in total. The number of hydrogen-bond acceptors (Lipinski definition) is 3. The zero-order valence-corrected chi connectivity index (χ0v) is 14.5. The minimum atomic E-state index is 0.123. The van der Waals surface area contributed by atoms with Crippen molar-refractivity contribution in [2.24, 2.45) is 5.92 Å². The Kier molecular flexibility index (Phi) is 5.36. The van der Waals surface area contributed by atoms with Crippen molar-refractivity contribution in [3.8, 4) is 0 Å². The van der Waals surface area contributed by atoms with Crippen LogP contribution in [0.25, 0.3) is 0 Å². The maximum atomic E-state index is 12.9. The smallest absolute Gasteiger partial charge is 0.274 e. The van der Waals surface area contributed by atoms with Crippen LogP contribution >= 0.6 is 0 Å². The first-order valence-corrected chi connectivity index (χ1v) is 9.27. The summed E-state index contributed by atoms with van der Waals surface area (Å²) in [6, 6.07) is 2.68. The lowest BCUT2D eigenvalue weighted by Crippen LogP contribution is -2.39. The molecule has 2 fully saturated rings. The number of aromatic nitrogens is 2. The van der Waals surface area contributed by atoms with Gasteiger partial charge in [0, 0.05) is 25.3 Å². The maximum absolute atomic E-state index is 12.9. The van der Waals surface area contributed by atoms with Gasteiger partial charge in [-0.15, -0.1) is 0 Å². The van der Waals surface area contributed by atoms with E-state index in [-0.39, 0.29) is 5.91 Å². The lowest BCUT2D eigenvalue weighted by Gasteiger charge is -2.29. The van der Waals surface area contributed by atoms with Crippen LogP contribution in [0.2, 0.25) is 0 Å². The molecule has 1 amide bonds. The Morgan fingerprint density at radius 2 is 2.30 bits per heavy atom. The first kappa shape index (κ1) is 16.5. The molecule has 3 heterocycles. The molecule has 3 rings (SSSR count). The molecule has 0 spiro atoms. The third kappa shape index (κ3) is 3.60. The number of carbonyl (C=O) groups is 1. The van der Waals surface area contributed by atoms with Gasteiger partial charge in [0.1, 0.15) is 5.69 Å². The van der Waals surface area contributed by atoms with Crippen molar-refractivity contribution in [3.63, 3.8) is 0 Å². The Morgan fingerprint density at radius 1 is 1.43 bits per heavy atom. The van der Waals surface area contributed by atoms with Crippen LogP contribution in [0.4, 0.5) is 0 Å². The first-order chi connectivity index (χ1) is 11.2. The number of rotatable bonds is 5. The second-order valence-electron chi connectivity index (χ2n) is 7.16. The van der Waals surface area contributed by atoms with Gasteiger partial charge in [-0.25, -0.2) is 0 Å². The summed E-state index contributed by atoms with van der Waals surface area (Å²) in [6.45, 7) is 7.43. The molecule has 2 aliphatic heterocycles. The SMILES string of the molecule is CCCC(C)C1CCCN1C(=O)c1ccn(C2CCCNC2)n1. The van der Waals surface area contributed by atoms with E-state index in [2.05, 4.69) is 29.2 Å². The van der Waals surface area contributed by atoms with E-state index in [1.54, 1.807) is 0 Å². The summed E-state index contributed by atoms with van der Waals surface area (Å²) in [4.78, 5) is 15.0. The van der Waals surface area contributed by atoms with Gasteiger partial charge in [-0.05, 0) is 50.6 Å². The molecule has 0 aromatic carbocycles. The zero-order valence-electron chi connectivity index (χ0n) is 14.5. The number of nitrogens with one attached hydrogen (secondary N) is 1. The predicted molar refractivity (Wildman–Crippen MR) is 91.5 cm³/mol. The quantitative estimate of drug-likeness (QED) is 0.908. The fourth-order valence-corrected chi connectivity index (χ4v) is 4.15. The van der Waals surface area contributed by atoms with Crippen molar-refractivity contribution < 1.29 is 4.79 Å². The number of hydrogen-bond donors (Lipinski definition) is 1. The Hall–Kier alpha value is -1.36. The molecule has 3 unspecified atom stereocenters. The van der Waals surface area contributed by atoms with Gasteiger partial charge < -0.3 is 10.2 Å². The van der Waals surface area contributed by atoms with Gasteiger partial charge in [-0.2, -0.15) is 5.10 Å². The summed E-state index contributed by atoms with van der Waals surface area (Å²) in [5.74, 6) is 0.703. The molecule has 5 nitrogen and oxygen atoms in total. The lowest BCUT2D eigenvalue weighted by molar-refractivity contribution is 0.0682. The van der Waals surface area contributed by atoms with E-state index in [0.29, 0.717) is 23.7 Å². The summed E-state index contributed by atoms with van der Waals surface area (Å²) in [5.41, 5.74) is 0.617. The predicted octanol–water partition coefficient (Wildman–Crippen LogP) is 2.85. The minimum absolute atomic E-state index is 0.123. The van der Waals surface area contributed by atoms with E-state index in [0.717, 1.165) is 38.9 Å². The second-order valence-corrected chi connectivity index (χ2v) is 7.16. The highest BCUT2D eigenvalue weighted by Crippen LogP contribution is 2.28. The third-order valence-corrected chi connectivity index (χ3v) is 5.43. The summed E-state index contributed by atoms with van der Waals surface area (Å²) in [7, 11) is 0. The Morgan fingerprint density at radius 3 is 3.04 bits per heavy atom. The van der Waals surface area contributed by atoms with Crippen LogP contribution in [0.1, 0.15) is 68.9 Å². The molecule has 1 aromatic heterocycles. The lowest BCUT2D eigenvalue weighted by atomic mass is 9.95. The average molecular weight is 318 g/mol. The fourth-order valence-electron chi connectivity index (χ4n) is 4.15. The molecule has 3 atom stereocenters. The van der Waals surface area contributed by atoms with Crippen molar-refractivity contribution in [3.05, 3.63) is 18.0 Å². The van der Waals surface area contributed by atoms with E-state index in [1.807, 2.05) is 16.9 Å².